The lowest BCUT2D eigenvalue weighted by molar-refractivity contribution is -0.147. The number of nitrogens with zero attached hydrogens (tertiary/aromatic N) is 1. The van der Waals surface area contributed by atoms with Gasteiger partial charge < -0.3 is 9.64 Å². The molecule has 0 spiro atoms. The third-order valence-corrected chi connectivity index (χ3v) is 3.40. The molecule has 108 valence electrons. The van der Waals surface area contributed by atoms with Gasteiger partial charge in [-0.1, -0.05) is 0 Å². The van der Waals surface area contributed by atoms with Crippen LogP contribution in [0.15, 0.2) is 18.2 Å². The van der Waals surface area contributed by atoms with Crippen molar-refractivity contribution in [3.8, 4) is 0 Å². The van der Waals surface area contributed by atoms with Crippen LogP contribution >= 0.6 is 0 Å². The summed E-state index contributed by atoms with van der Waals surface area (Å²) in [4.78, 5) is 25.4. The van der Waals surface area contributed by atoms with Crippen molar-refractivity contribution in [2.75, 3.05) is 13.7 Å². The van der Waals surface area contributed by atoms with Gasteiger partial charge in [0.25, 0.3) is 5.91 Å². The van der Waals surface area contributed by atoms with Gasteiger partial charge in [-0.25, -0.2) is 13.6 Å². The van der Waals surface area contributed by atoms with Gasteiger partial charge >= 0.3 is 5.97 Å². The van der Waals surface area contributed by atoms with Crippen LogP contribution in [-0.2, 0) is 9.53 Å². The van der Waals surface area contributed by atoms with Gasteiger partial charge in [-0.05, 0) is 37.5 Å². The van der Waals surface area contributed by atoms with Gasteiger partial charge in [0.15, 0.2) is 11.6 Å². The van der Waals surface area contributed by atoms with Gasteiger partial charge in [-0.2, -0.15) is 0 Å². The Morgan fingerprint density at radius 2 is 2.00 bits per heavy atom. The molecule has 0 radical (unpaired) electrons. The average Bonchev–Trinajstić information content (AvgIpc) is 2.48. The SMILES string of the molecule is COC(=O)[C@H]1CCCCN1C(=O)c1ccc(F)c(F)c1. The molecule has 0 saturated carbocycles. The first-order valence-electron chi connectivity index (χ1n) is 6.38. The Morgan fingerprint density at radius 3 is 2.65 bits per heavy atom. The summed E-state index contributed by atoms with van der Waals surface area (Å²) in [5.41, 5.74) is 0.0275. The molecule has 0 aromatic heterocycles. The third-order valence-electron chi connectivity index (χ3n) is 3.40. The number of halogens is 2. The van der Waals surface area contributed by atoms with Crippen molar-refractivity contribution in [1.29, 1.82) is 0 Å². The molecule has 1 saturated heterocycles. The molecule has 1 aromatic rings. The lowest BCUT2D eigenvalue weighted by Gasteiger charge is -2.33. The van der Waals surface area contributed by atoms with Crippen molar-refractivity contribution in [3.63, 3.8) is 0 Å². The zero-order chi connectivity index (χ0) is 14.7. The van der Waals surface area contributed by atoms with Crippen LogP contribution < -0.4 is 0 Å². The molecule has 6 heteroatoms. The van der Waals surface area contributed by atoms with Crippen LogP contribution in [0.4, 0.5) is 8.78 Å². The van der Waals surface area contributed by atoms with Crippen LogP contribution in [0.1, 0.15) is 29.6 Å². The van der Waals surface area contributed by atoms with E-state index >= 15 is 0 Å². The molecule has 2 rings (SSSR count). The first-order valence-corrected chi connectivity index (χ1v) is 6.38. The van der Waals surface area contributed by atoms with Gasteiger partial charge in [0.05, 0.1) is 7.11 Å². The second-order valence-electron chi connectivity index (χ2n) is 4.66. The maximum Gasteiger partial charge on any atom is 0.328 e. The highest BCUT2D eigenvalue weighted by molar-refractivity contribution is 5.96. The Hall–Kier alpha value is -1.98. The minimum Gasteiger partial charge on any atom is -0.467 e. The number of hydrogen-bond donors (Lipinski definition) is 0. The Balaban J connectivity index is 2.25. The lowest BCUT2D eigenvalue weighted by Crippen LogP contribution is -2.48. The van der Waals surface area contributed by atoms with Crippen molar-refractivity contribution < 1.29 is 23.1 Å². The summed E-state index contributed by atoms with van der Waals surface area (Å²) >= 11 is 0. The van der Waals surface area contributed by atoms with E-state index in [1.807, 2.05) is 0 Å². The number of amides is 1. The molecule has 0 bridgehead atoms. The van der Waals surface area contributed by atoms with E-state index in [-0.39, 0.29) is 5.56 Å². The molecular weight excluding hydrogens is 268 g/mol. The smallest absolute Gasteiger partial charge is 0.328 e. The van der Waals surface area contributed by atoms with E-state index in [0.29, 0.717) is 13.0 Å². The zero-order valence-corrected chi connectivity index (χ0v) is 11.1. The number of carbonyl (C=O) groups is 2. The molecule has 4 nitrogen and oxygen atoms in total. The molecule has 1 aliphatic rings. The number of esters is 1. The van der Waals surface area contributed by atoms with Crippen molar-refractivity contribution in [2.24, 2.45) is 0 Å². The number of rotatable bonds is 2. The van der Waals surface area contributed by atoms with E-state index in [0.717, 1.165) is 25.0 Å². The highest BCUT2D eigenvalue weighted by atomic mass is 19.2. The Labute approximate surface area is 115 Å². The van der Waals surface area contributed by atoms with Crippen LogP contribution in [0.3, 0.4) is 0 Å². The fourth-order valence-electron chi connectivity index (χ4n) is 2.35. The van der Waals surface area contributed by atoms with Crippen LogP contribution in [0.2, 0.25) is 0 Å². The quantitative estimate of drug-likeness (QED) is 0.781. The molecule has 1 aliphatic heterocycles. The van der Waals surface area contributed by atoms with E-state index in [4.69, 9.17) is 0 Å². The number of benzene rings is 1. The first-order chi connectivity index (χ1) is 9.54. The number of likely N-dealkylation sites (tertiary alicyclic amines) is 1. The normalized spacial score (nSPS) is 18.8. The van der Waals surface area contributed by atoms with Gasteiger partial charge in [-0.3, -0.25) is 4.79 Å². The molecular formula is C14H15F2NO3. The number of ether oxygens (including phenoxy) is 1. The molecule has 1 fully saturated rings. The highest BCUT2D eigenvalue weighted by Gasteiger charge is 2.33. The molecule has 20 heavy (non-hydrogen) atoms. The van der Waals surface area contributed by atoms with E-state index in [1.54, 1.807) is 0 Å². The Kier molecular flexibility index (Phi) is 4.32. The summed E-state index contributed by atoms with van der Waals surface area (Å²) < 4.78 is 30.8. The summed E-state index contributed by atoms with van der Waals surface area (Å²) in [6.07, 6.45) is 2.10. The van der Waals surface area contributed by atoms with Crippen molar-refractivity contribution in [3.05, 3.63) is 35.4 Å². The van der Waals surface area contributed by atoms with Crippen LogP contribution in [-0.4, -0.2) is 36.5 Å². The fourth-order valence-corrected chi connectivity index (χ4v) is 2.35. The maximum absolute atomic E-state index is 13.2. The van der Waals surface area contributed by atoms with E-state index in [9.17, 15) is 18.4 Å². The standard InChI is InChI=1S/C14H15F2NO3/c1-20-14(19)12-4-2-3-7-17(12)13(18)9-5-6-10(15)11(16)8-9/h5-6,8,12H,2-4,7H2,1H3/t12-/m1/s1. The number of carbonyl (C=O) groups excluding carboxylic acids is 2. The van der Waals surface area contributed by atoms with Crippen molar-refractivity contribution in [1.82, 2.24) is 4.90 Å². The van der Waals surface area contributed by atoms with E-state index in [1.165, 1.54) is 18.1 Å². The topological polar surface area (TPSA) is 46.6 Å². The van der Waals surface area contributed by atoms with E-state index < -0.39 is 29.6 Å². The Bertz CT molecular complexity index is 533. The van der Waals surface area contributed by atoms with Crippen LogP contribution in [0, 0.1) is 11.6 Å². The van der Waals surface area contributed by atoms with E-state index in [2.05, 4.69) is 4.74 Å². The van der Waals surface area contributed by atoms with Gasteiger partial charge in [0.1, 0.15) is 6.04 Å². The molecule has 0 unspecified atom stereocenters. The second-order valence-corrected chi connectivity index (χ2v) is 4.66. The van der Waals surface area contributed by atoms with Crippen LogP contribution in [0.25, 0.3) is 0 Å². The summed E-state index contributed by atoms with van der Waals surface area (Å²) in [6, 6.07) is 2.30. The lowest BCUT2D eigenvalue weighted by atomic mass is 10.0. The highest BCUT2D eigenvalue weighted by Crippen LogP contribution is 2.21. The summed E-state index contributed by atoms with van der Waals surface area (Å²) in [5, 5.41) is 0. The molecule has 1 amide bonds. The summed E-state index contributed by atoms with van der Waals surface area (Å²) in [7, 11) is 1.26. The predicted octanol–water partition coefficient (Wildman–Crippen LogP) is 2.13. The maximum atomic E-state index is 13.2. The van der Waals surface area contributed by atoms with Crippen molar-refractivity contribution >= 4 is 11.9 Å². The molecule has 1 heterocycles. The van der Waals surface area contributed by atoms with Gasteiger partial charge in [-0.15, -0.1) is 0 Å². The number of methoxy groups -OCH3 is 1. The average molecular weight is 283 g/mol. The summed E-state index contributed by atoms with van der Waals surface area (Å²) in [6.45, 7) is 0.400. The predicted molar refractivity (Wildman–Crippen MR) is 67.0 cm³/mol. The third kappa shape index (κ3) is 2.79. The first kappa shape index (κ1) is 14.4. The molecule has 1 atom stereocenters. The fraction of sp³-hybridized carbons (Fsp3) is 0.429. The Morgan fingerprint density at radius 1 is 1.25 bits per heavy atom. The largest absolute Gasteiger partial charge is 0.467 e. The molecule has 1 aromatic carbocycles. The van der Waals surface area contributed by atoms with Gasteiger partial charge in [0.2, 0.25) is 0 Å². The summed E-state index contributed by atoms with van der Waals surface area (Å²) in [5.74, 6) is -3.06. The zero-order valence-electron chi connectivity index (χ0n) is 11.1. The number of hydrogen-bond acceptors (Lipinski definition) is 3. The van der Waals surface area contributed by atoms with Crippen molar-refractivity contribution in [2.45, 2.75) is 25.3 Å². The monoisotopic (exact) mass is 283 g/mol. The minimum atomic E-state index is -1.08. The molecule has 0 N–H and O–H groups in total. The minimum absolute atomic E-state index is 0.0275. The molecule has 0 aliphatic carbocycles. The van der Waals surface area contributed by atoms with Gasteiger partial charge in [0, 0.05) is 12.1 Å². The second kappa shape index (κ2) is 5.98. The number of piperidine rings is 1. The van der Waals surface area contributed by atoms with Crippen LogP contribution in [0.5, 0.6) is 0 Å².